The molecule has 1 N–H and O–H groups in total. The Balaban J connectivity index is 0.000000321. The average Bonchev–Trinajstić information content (AvgIpc) is 2.82. The van der Waals surface area contributed by atoms with Gasteiger partial charge in [0.1, 0.15) is 0 Å². The molecule has 0 spiro atoms. The first-order valence-electron chi connectivity index (χ1n) is 6.30. The van der Waals surface area contributed by atoms with Crippen LogP contribution in [0.2, 0.25) is 0 Å². The van der Waals surface area contributed by atoms with Crippen LogP contribution in [0.1, 0.15) is 26.5 Å². The molecule has 1 aromatic heterocycles. The van der Waals surface area contributed by atoms with Crippen molar-refractivity contribution in [2.75, 3.05) is 6.61 Å². The lowest BCUT2D eigenvalue weighted by Gasteiger charge is -1.98. The van der Waals surface area contributed by atoms with E-state index in [1.165, 1.54) is 16.6 Å². The number of terminal acetylenes is 1. The monoisotopic (exact) mass is 257 g/mol. The molecule has 0 bridgehead atoms. The van der Waals surface area contributed by atoms with E-state index in [1.54, 1.807) is 0 Å². The molecule has 0 aliphatic carbocycles. The highest BCUT2D eigenvalue weighted by atomic mass is 16.5. The summed E-state index contributed by atoms with van der Waals surface area (Å²) in [5.41, 5.74) is 2.45. The van der Waals surface area contributed by atoms with E-state index in [0.717, 1.165) is 12.4 Å². The number of rotatable bonds is 2. The number of allylic oxidation sites excluding steroid dienone is 2. The summed E-state index contributed by atoms with van der Waals surface area (Å²) in [7, 11) is 0. The van der Waals surface area contributed by atoms with Crippen molar-refractivity contribution >= 4 is 10.9 Å². The standard InChI is InChI=1S/C9H9N.C6H12O.C2H2/c1-7-6-8-4-2-3-5-9(8)10-7;1-4-6(3)7-5-2;1-2/h2-6,10H,1H3;4H,5H2,1-3H3;1-2H/b;6-4+;. The summed E-state index contributed by atoms with van der Waals surface area (Å²) in [4.78, 5) is 3.26. The number of nitrogens with one attached hydrogen (secondary N) is 1. The number of aromatic nitrogens is 1. The van der Waals surface area contributed by atoms with Gasteiger partial charge in [0.2, 0.25) is 0 Å². The highest BCUT2D eigenvalue weighted by Gasteiger charge is 1.92. The summed E-state index contributed by atoms with van der Waals surface area (Å²) in [6.45, 7) is 8.73. The molecular weight excluding hydrogens is 234 g/mol. The minimum Gasteiger partial charge on any atom is -0.499 e. The Morgan fingerprint density at radius 3 is 2.42 bits per heavy atom. The molecule has 102 valence electrons. The zero-order valence-electron chi connectivity index (χ0n) is 12.2. The SMILES string of the molecule is C#C.C/C=C(\C)OCC.Cc1cc2ccccc2[nH]1. The van der Waals surface area contributed by atoms with Crippen LogP contribution in [0, 0.1) is 19.8 Å². The van der Waals surface area contributed by atoms with E-state index < -0.39 is 0 Å². The zero-order chi connectivity index (χ0) is 14.7. The number of benzene rings is 1. The Morgan fingerprint density at radius 1 is 1.32 bits per heavy atom. The van der Waals surface area contributed by atoms with Gasteiger partial charge in [-0.05, 0) is 45.2 Å². The minimum absolute atomic E-state index is 0.774. The summed E-state index contributed by atoms with van der Waals surface area (Å²) < 4.78 is 5.05. The predicted octanol–water partition coefficient (Wildman–Crippen LogP) is 4.67. The molecule has 0 radical (unpaired) electrons. The lowest BCUT2D eigenvalue weighted by atomic mass is 10.2. The first-order valence-corrected chi connectivity index (χ1v) is 6.30. The molecule has 0 saturated heterocycles. The molecule has 0 amide bonds. The number of ether oxygens (including phenoxy) is 1. The van der Waals surface area contributed by atoms with Crippen LogP contribution in [0.15, 0.2) is 42.2 Å². The van der Waals surface area contributed by atoms with Crippen molar-refractivity contribution < 1.29 is 4.74 Å². The lowest BCUT2D eigenvalue weighted by Crippen LogP contribution is -1.83. The largest absolute Gasteiger partial charge is 0.499 e. The zero-order valence-corrected chi connectivity index (χ0v) is 12.2. The number of fused-ring (bicyclic) bond motifs is 1. The summed E-state index contributed by atoms with van der Waals surface area (Å²) in [6.07, 6.45) is 9.95. The van der Waals surface area contributed by atoms with Gasteiger partial charge in [-0.2, -0.15) is 0 Å². The number of aryl methyl sites for hydroxylation is 1. The van der Waals surface area contributed by atoms with Crippen LogP contribution < -0.4 is 0 Å². The van der Waals surface area contributed by atoms with E-state index in [0.29, 0.717) is 0 Å². The van der Waals surface area contributed by atoms with Crippen LogP contribution in [-0.2, 0) is 4.74 Å². The van der Waals surface area contributed by atoms with Crippen LogP contribution in [0.4, 0.5) is 0 Å². The van der Waals surface area contributed by atoms with E-state index >= 15 is 0 Å². The van der Waals surface area contributed by atoms with Crippen molar-refractivity contribution in [3.63, 3.8) is 0 Å². The highest BCUT2D eigenvalue weighted by molar-refractivity contribution is 5.79. The Kier molecular flexibility index (Phi) is 8.74. The van der Waals surface area contributed by atoms with Crippen molar-refractivity contribution in [1.82, 2.24) is 4.98 Å². The Bertz CT molecular complexity index is 487. The molecule has 2 heteroatoms. The summed E-state index contributed by atoms with van der Waals surface area (Å²) in [5, 5.41) is 1.29. The molecule has 1 aromatic carbocycles. The molecule has 0 aliphatic heterocycles. The fourth-order valence-electron chi connectivity index (χ4n) is 1.53. The van der Waals surface area contributed by atoms with Crippen molar-refractivity contribution in [1.29, 1.82) is 0 Å². The third-order valence-electron chi connectivity index (χ3n) is 2.44. The maximum Gasteiger partial charge on any atom is 0.0886 e. The molecule has 2 nitrogen and oxygen atoms in total. The van der Waals surface area contributed by atoms with Crippen LogP contribution >= 0.6 is 0 Å². The number of aromatic amines is 1. The van der Waals surface area contributed by atoms with Gasteiger partial charge < -0.3 is 9.72 Å². The second kappa shape index (κ2) is 9.85. The lowest BCUT2D eigenvalue weighted by molar-refractivity contribution is 0.231. The van der Waals surface area contributed by atoms with E-state index in [2.05, 4.69) is 49.0 Å². The van der Waals surface area contributed by atoms with Gasteiger partial charge in [-0.1, -0.05) is 24.3 Å². The van der Waals surface area contributed by atoms with Gasteiger partial charge in [0, 0.05) is 11.2 Å². The van der Waals surface area contributed by atoms with Gasteiger partial charge in [-0.25, -0.2) is 0 Å². The first kappa shape index (κ1) is 16.9. The third kappa shape index (κ3) is 6.38. The highest BCUT2D eigenvalue weighted by Crippen LogP contribution is 2.12. The fraction of sp³-hybridized carbons (Fsp3) is 0.294. The second-order valence-corrected chi connectivity index (χ2v) is 3.87. The molecule has 1 heterocycles. The van der Waals surface area contributed by atoms with E-state index in [1.807, 2.05) is 32.9 Å². The Hall–Kier alpha value is -2.14. The smallest absolute Gasteiger partial charge is 0.0886 e. The van der Waals surface area contributed by atoms with Gasteiger partial charge in [0.05, 0.1) is 12.4 Å². The normalized spacial score (nSPS) is 9.89. The molecule has 2 aromatic rings. The molecule has 0 fully saturated rings. The Labute approximate surface area is 116 Å². The summed E-state index contributed by atoms with van der Waals surface area (Å²) in [6, 6.07) is 10.4. The topological polar surface area (TPSA) is 25.0 Å². The maximum absolute atomic E-state index is 5.05. The van der Waals surface area contributed by atoms with Gasteiger partial charge in [-0.3, -0.25) is 0 Å². The van der Waals surface area contributed by atoms with E-state index in [4.69, 9.17) is 4.74 Å². The van der Waals surface area contributed by atoms with Gasteiger partial charge in [0.15, 0.2) is 0 Å². The third-order valence-corrected chi connectivity index (χ3v) is 2.44. The number of hydrogen-bond donors (Lipinski definition) is 1. The Morgan fingerprint density at radius 2 is 1.95 bits per heavy atom. The molecule has 0 atom stereocenters. The maximum atomic E-state index is 5.05. The van der Waals surface area contributed by atoms with Crippen molar-refractivity contribution in [3.8, 4) is 12.8 Å². The van der Waals surface area contributed by atoms with Crippen LogP contribution in [0.25, 0.3) is 10.9 Å². The van der Waals surface area contributed by atoms with Crippen LogP contribution in [0.5, 0.6) is 0 Å². The first-order chi connectivity index (χ1) is 9.17. The van der Waals surface area contributed by atoms with Crippen molar-refractivity contribution in [2.24, 2.45) is 0 Å². The second-order valence-electron chi connectivity index (χ2n) is 3.87. The number of H-pyrrole nitrogens is 1. The number of hydrogen-bond acceptors (Lipinski definition) is 1. The van der Waals surface area contributed by atoms with Crippen molar-refractivity contribution in [2.45, 2.75) is 27.7 Å². The molecule has 0 saturated carbocycles. The van der Waals surface area contributed by atoms with Crippen LogP contribution in [0.3, 0.4) is 0 Å². The van der Waals surface area contributed by atoms with Crippen molar-refractivity contribution in [3.05, 3.63) is 47.9 Å². The molecular formula is C17H23NO. The molecule has 0 unspecified atom stereocenters. The molecule has 19 heavy (non-hydrogen) atoms. The fourth-order valence-corrected chi connectivity index (χ4v) is 1.53. The summed E-state index contributed by atoms with van der Waals surface area (Å²) >= 11 is 0. The van der Waals surface area contributed by atoms with Gasteiger partial charge in [0.25, 0.3) is 0 Å². The van der Waals surface area contributed by atoms with Crippen LogP contribution in [-0.4, -0.2) is 11.6 Å². The van der Waals surface area contributed by atoms with E-state index in [9.17, 15) is 0 Å². The quantitative estimate of drug-likeness (QED) is 0.613. The molecule has 0 aliphatic rings. The minimum atomic E-state index is 0.774. The predicted molar refractivity (Wildman–Crippen MR) is 84.0 cm³/mol. The van der Waals surface area contributed by atoms with Gasteiger partial charge >= 0.3 is 0 Å². The van der Waals surface area contributed by atoms with E-state index in [-0.39, 0.29) is 0 Å². The average molecular weight is 257 g/mol. The molecule has 2 rings (SSSR count). The summed E-state index contributed by atoms with van der Waals surface area (Å²) in [5.74, 6) is 1.00. The number of para-hydroxylation sites is 1. The van der Waals surface area contributed by atoms with Gasteiger partial charge in [-0.15, -0.1) is 12.8 Å².